The minimum atomic E-state index is 1.16. The number of likely N-dealkylation sites (N-methyl/N-ethyl adjacent to an activating group) is 1. The van der Waals surface area contributed by atoms with Gasteiger partial charge in [0.05, 0.1) is 0 Å². The first-order valence-corrected chi connectivity index (χ1v) is 7.20. The summed E-state index contributed by atoms with van der Waals surface area (Å²) in [5, 5.41) is 2.78. The molecule has 0 aliphatic carbocycles. The molecule has 1 aliphatic heterocycles. The molecule has 0 amide bonds. The molecule has 0 spiro atoms. The van der Waals surface area contributed by atoms with Gasteiger partial charge in [-0.15, -0.1) is 0 Å². The van der Waals surface area contributed by atoms with E-state index < -0.39 is 0 Å². The molecular weight excluding hydrogens is 232 g/mol. The molecule has 2 aromatic carbocycles. The van der Waals surface area contributed by atoms with Crippen LogP contribution in [0.15, 0.2) is 42.5 Å². The minimum absolute atomic E-state index is 1.16. The van der Waals surface area contributed by atoms with Crippen molar-refractivity contribution in [1.29, 1.82) is 0 Å². The summed E-state index contributed by atoms with van der Waals surface area (Å²) in [5.41, 5.74) is 1.48. The van der Waals surface area contributed by atoms with Crippen LogP contribution in [0.3, 0.4) is 0 Å². The maximum absolute atomic E-state index is 2.59. The van der Waals surface area contributed by atoms with Crippen molar-refractivity contribution in [3.63, 3.8) is 0 Å². The zero-order chi connectivity index (χ0) is 13.1. The van der Waals surface area contributed by atoms with E-state index >= 15 is 0 Å². The Morgan fingerprint density at radius 2 is 1.63 bits per heavy atom. The highest BCUT2D eigenvalue weighted by atomic mass is 15.2. The number of rotatable bonds is 3. The van der Waals surface area contributed by atoms with Gasteiger partial charge >= 0.3 is 0 Å². The third-order valence-electron chi connectivity index (χ3n) is 4.17. The third kappa shape index (κ3) is 2.96. The summed E-state index contributed by atoms with van der Waals surface area (Å²) in [5.74, 6) is 0. The normalized spacial score (nSPS) is 17.9. The number of benzene rings is 2. The Balaban J connectivity index is 1.68. The zero-order valence-electron chi connectivity index (χ0n) is 11.7. The molecule has 3 rings (SSSR count). The maximum Gasteiger partial charge on any atom is 0.0110 e. The van der Waals surface area contributed by atoms with E-state index in [1.165, 1.54) is 49.1 Å². The average molecular weight is 254 g/mol. The molecule has 100 valence electrons. The fourth-order valence-corrected chi connectivity index (χ4v) is 2.86. The van der Waals surface area contributed by atoms with Gasteiger partial charge in [-0.3, -0.25) is 0 Å². The molecule has 1 fully saturated rings. The fourth-order valence-electron chi connectivity index (χ4n) is 2.86. The highest BCUT2D eigenvalue weighted by molar-refractivity contribution is 5.85. The van der Waals surface area contributed by atoms with Crippen LogP contribution in [0.4, 0.5) is 0 Å². The van der Waals surface area contributed by atoms with Gasteiger partial charge in [-0.1, -0.05) is 42.5 Å². The van der Waals surface area contributed by atoms with E-state index in [-0.39, 0.29) is 0 Å². The first-order valence-electron chi connectivity index (χ1n) is 7.20. The lowest BCUT2D eigenvalue weighted by Gasteiger charge is -2.32. The van der Waals surface area contributed by atoms with Crippen LogP contribution in [0.2, 0.25) is 0 Å². The van der Waals surface area contributed by atoms with E-state index in [4.69, 9.17) is 0 Å². The number of fused-ring (bicyclic) bond motifs is 1. The molecule has 2 heteroatoms. The molecule has 0 N–H and O–H groups in total. The number of nitrogens with zero attached hydrogens (tertiary/aromatic N) is 2. The Morgan fingerprint density at radius 1 is 0.895 bits per heavy atom. The highest BCUT2D eigenvalue weighted by Crippen LogP contribution is 2.19. The molecule has 0 saturated carbocycles. The van der Waals surface area contributed by atoms with E-state index in [1.807, 2.05) is 0 Å². The van der Waals surface area contributed by atoms with E-state index in [0.717, 1.165) is 6.42 Å². The zero-order valence-corrected chi connectivity index (χ0v) is 11.7. The minimum Gasteiger partial charge on any atom is -0.304 e. The standard InChI is InChI=1S/C17H22N2/c1-18-11-13-19(14-12-18)10-9-16-7-4-6-15-5-2-3-8-17(15)16/h2-8H,9-14H2,1H3. The van der Waals surface area contributed by atoms with Gasteiger partial charge < -0.3 is 9.80 Å². The Bertz CT molecular complexity index is 536. The SMILES string of the molecule is CN1CCN(CCc2cccc3ccccc23)CC1. The Hall–Kier alpha value is -1.38. The Morgan fingerprint density at radius 3 is 2.47 bits per heavy atom. The summed E-state index contributed by atoms with van der Waals surface area (Å²) < 4.78 is 0. The van der Waals surface area contributed by atoms with Gasteiger partial charge in [-0.2, -0.15) is 0 Å². The number of piperazine rings is 1. The quantitative estimate of drug-likeness (QED) is 0.831. The second-order valence-corrected chi connectivity index (χ2v) is 5.53. The predicted molar refractivity (Wildman–Crippen MR) is 81.6 cm³/mol. The first-order chi connectivity index (χ1) is 9.33. The van der Waals surface area contributed by atoms with Gasteiger partial charge in [0.15, 0.2) is 0 Å². The summed E-state index contributed by atoms with van der Waals surface area (Å²) in [6, 6.07) is 15.4. The van der Waals surface area contributed by atoms with Gasteiger partial charge in [-0.25, -0.2) is 0 Å². The molecule has 1 aliphatic rings. The summed E-state index contributed by atoms with van der Waals surface area (Å²) >= 11 is 0. The lowest BCUT2D eigenvalue weighted by atomic mass is 10.0. The van der Waals surface area contributed by atoms with Crippen LogP contribution in [-0.4, -0.2) is 49.6 Å². The Labute approximate surface area is 115 Å². The summed E-state index contributed by atoms with van der Waals surface area (Å²) in [6.07, 6.45) is 1.16. The first kappa shape index (κ1) is 12.6. The van der Waals surface area contributed by atoms with Gasteiger partial charge in [0.2, 0.25) is 0 Å². The van der Waals surface area contributed by atoms with Crippen molar-refractivity contribution in [3.8, 4) is 0 Å². The molecule has 0 unspecified atom stereocenters. The smallest absolute Gasteiger partial charge is 0.0110 e. The summed E-state index contributed by atoms with van der Waals surface area (Å²) in [6.45, 7) is 6.01. The van der Waals surface area contributed by atoms with Gasteiger partial charge in [0, 0.05) is 32.7 Å². The van der Waals surface area contributed by atoms with Crippen LogP contribution in [0.5, 0.6) is 0 Å². The molecule has 2 aromatic rings. The molecular formula is C17H22N2. The second-order valence-electron chi connectivity index (χ2n) is 5.53. The van der Waals surface area contributed by atoms with Gasteiger partial charge in [0.25, 0.3) is 0 Å². The maximum atomic E-state index is 2.59. The van der Waals surface area contributed by atoms with Crippen LogP contribution in [0, 0.1) is 0 Å². The van der Waals surface area contributed by atoms with E-state index in [0.29, 0.717) is 0 Å². The predicted octanol–water partition coefficient (Wildman–Crippen LogP) is 2.63. The van der Waals surface area contributed by atoms with Gasteiger partial charge in [0.1, 0.15) is 0 Å². The van der Waals surface area contributed by atoms with Crippen molar-refractivity contribution in [2.24, 2.45) is 0 Å². The van der Waals surface area contributed by atoms with Crippen molar-refractivity contribution in [1.82, 2.24) is 9.80 Å². The van der Waals surface area contributed by atoms with Crippen molar-refractivity contribution < 1.29 is 0 Å². The topological polar surface area (TPSA) is 6.48 Å². The average Bonchev–Trinajstić information content (AvgIpc) is 2.47. The van der Waals surface area contributed by atoms with E-state index in [1.54, 1.807) is 0 Å². The number of hydrogen-bond donors (Lipinski definition) is 0. The fraction of sp³-hybridized carbons (Fsp3) is 0.412. The van der Waals surface area contributed by atoms with Crippen molar-refractivity contribution >= 4 is 10.8 Å². The summed E-state index contributed by atoms with van der Waals surface area (Å²) in [7, 11) is 2.21. The van der Waals surface area contributed by atoms with Gasteiger partial charge in [-0.05, 0) is 29.8 Å². The largest absolute Gasteiger partial charge is 0.304 e. The molecule has 0 aromatic heterocycles. The summed E-state index contributed by atoms with van der Waals surface area (Å²) in [4.78, 5) is 5.00. The lowest BCUT2D eigenvalue weighted by Crippen LogP contribution is -2.45. The van der Waals surface area contributed by atoms with E-state index in [2.05, 4.69) is 59.3 Å². The molecule has 1 saturated heterocycles. The van der Waals surface area contributed by atoms with E-state index in [9.17, 15) is 0 Å². The second kappa shape index (κ2) is 5.72. The lowest BCUT2D eigenvalue weighted by molar-refractivity contribution is 0.155. The van der Waals surface area contributed by atoms with Crippen LogP contribution in [0.1, 0.15) is 5.56 Å². The van der Waals surface area contributed by atoms with Crippen LogP contribution < -0.4 is 0 Å². The van der Waals surface area contributed by atoms with Crippen LogP contribution in [0.25, 0.3) is 10.8 Å². The Kier molecular flexibility index (Phi) is 3.81. The van der Waals surface area contributed by atoms with Crippen molar-refractivity contribution in [2.45, 2.75) is 6.42 Å². The molecule has 0 bridgehead atoms. The highest BCUT2D eigenvalue weighted by Gasteiger charge is 2.13. The van der Waals surface area contributed by atoms with Crippen molar-refractivity contribution in [2.75, 3.05) is 39.8 Å². The molecule has 0 radical (unpaired) electrons. The van der Waals surface area contributed by atoms with Crippen molar-refractivity contribution in [3.05, 3.63) is 48.0 Å². The molecule has 1 heterocycles. The third-order valence-corrected chi connectivity index (χ3v) is 4.17. The van der Waals surface area contributed by atoms with Crippen LogP contribution in [-0.2, 0) is 6.42 Å². The monoisotopic (exact) mass is 254 g/mol. The molecule has 0 atom stereocenters. The molecule has 19 heavy (non-hydrogen) atoms. The van der Waals surface area contributed by atoms with Crippen LogP contribution >= 0.6 is 0 Å². The molecule has 2 nitrogen and oxygen atoms in total. The number of hydrogen-bond acceptors (Lipinski definition) is 2.